The number of aryl methyl sites for hydroxylation is 1. The van der Waals surface area contributed by atoms with Crippen molar-refractivity contribution >= 4 is 11.5 Å². The molecule has 1 aliphatic heterocycles. The topological polar surface area (TPSA) is 55.0 Å². The predicted octanol–water partition coefficient (Wildman–Crippen LogP) is 2.57. The number of nitrogens with zero attached hydrogens (tertiary/aromatic N) is 3. The summed E-state index contributed by atoms with van der Waals surface area (Å²) in [4.78, 5) is 11.1. The molecule has 0 bridgehead atoms. The Balaban J connectivity index is 1.84. The van der Waals surface area contributed by atoms with Gasteiger partial charge in [0.2, 0.25) is 0 Å². The van der Waals surface area contributed by atoms with Gasteiger partial charge < -0.3 is 10.6 Å². The largest absolute Gasteiger partial charge is 0.399 e. The normalized spacial score (nSPS) is 14.2. The molecule has 2 N–H and O–H groups in total. The molecule has 4 heteroatoms. The van der Waals surface area contributed by atoms with Gasteiger partial charge in [-0.2, -0.15) is 0 Å². The minimum Gasteiger partial charge on any atom is -0.399 e. The molecule has 0 fully saturated rings. The Morgan fingerprint density at radius 2 is 2.10 bits per heavy atom. The first-order valence-corrected chi connectivity index (χ1v) is 7.19. The van der Waals surface area contributed by atoms with Crippen molar-refractivity contribution in [3.05, 3.63) is 47.4 Å². The van der Waals surface area contributed by atoms with E-state index in [2.05, 4.69) is 40.0 Å². The molecule has 0 saturated carbocycles. The zero-order valence-corrected chi connectivity index (χ0v) is 11.8. The lowest BCUT2D eigenvalue weighted by atomic mass is 9.99. The van der Waals surface area contributed by atoms with Crippen molar-refractivity contribution in [2.45, 2.75) is 32.7 Å². The smallest absolute Gasteiger partial charge is 0.132 e. The third kappa shape index (κ3) is 2.59. The molecule has 104 valence electrons. The molecule has 2 aromatic rings. The van der Waals surface area contributed by atoms with Crippen LogP contribution in [0.3, 0.4) is 0 Å². The summed E-state index contributed by atoms with van der Waals surface area (Å²) in [6.45, 7) is 4.05. The van der Waals surface area contributed by atoms with Crippen LogP contribution < -0.4 is 10.6 Å². The molecule has 4 nitrogen and oxygen atoms in total. The van der Waals surface area contributed by atoms with Crippen molar-refractivity contribution in [2.24, 2.45) is 0 Å². The number of benzene rings is 1. The van der Waals surface area contributed by atoms with E-state index in [4.69, 9.17) is 5.73 Å². The lowest BCUT2D eigenvalue weighted by molar-refractivity contribution is 0.716. The summed E-state index contributed by atoms with van der Waals surface area (Å²) in [5.74, 6) is 1.02. The number of hydrogen-bond donors (Lipinski definition) is 1. The van der Waals surface area contributed by atoms with Crippen LogP contribution in [-0.4, -0.2) is 16.5 Å². The second-order valence-electron chi connectivity index (χ2n) is 5.32. The number of fused-ring (bicyclic) bond motifs is 1. The van der Waals surface area contributed by atoms with Crippen LogP contribution >= 0.6 is 0 Å². The summed E-state index contributed by atoms with van der Waals surface area (Å²) in [5, 5.41) is 0. The van der Waals surface area contributed by atoms with Gasteiger partial charge in [-0.05, 0) is 36.1 Å². The molecule has 0 radical (unpaired) electrons. The second kappa shape index (κ2) is 5.49. The first-order chi connectivity index (χ1) is 9.76. The Morgan fingerprint density at radius 3 is 2.95 bits per heavy atom. The Kier molecular flexibility index (Phi) is 3.54. The van der Waals surface area contributed by atoms with Crippen LogP contribution in [0.5, 0.6) is 0 Å². The SMILES string of the molecule is CCCc1cc(N2CCc3ccc(N)cc3C2)ncn1. The van der Waals surface area contributed by atoms with E-state index >= 15 is 0 Å². The summed E-state index contributed by atoms with van der Waals surface area (Å²) in [7, 11) is 0. The van der Waals surface area contributed by atoms with Gasteiger partial charge >= 0.3 is 0 Å². The molecule has 1 aromatic heterocycles. The molecular formula is C16H20N4. The van der Waals surface area contributed by atoms with Gasteiger partial charge in [0.15, 0.2) is 0 Å². The van der Waals surface area contributed by atoms with E-state index in [0.717, 1.165) is 49.6 Å². The number of aromatic nitrogens is 2. The Labute approximate surface area is 119 Å². The molecule has 0 aliphatic carbocycles. The molecule has 0 saturated heterocycles. The van der Waals surface area contributed by atoms with E-state index in [1.54, 1.807) is 6.33 Å². The van der Waals surface area contributed by atoms with E-state index in [1.165, 1.54) is 11.1 Å². The van der Waals surface area contributed by atoms with E-state index < -0.39 is 0 Å². The van der Waals surface area contributed by atoms with Crippen LogP contribution in [0.1, 0.15) is 30.2 Å². The van der Waals surface area contributed by atoms with Gasteiger partial charge in [0.05, 0.1) is 0 Å². The molecule has 1 aromatic carbocycles. The van der Waals surface area contributed by atoms with Gasteiger partial charge in [-0.1, -0.05) is 19.4 Å². The molecule has 2 heterocycles. The van der Waals surface area contributed by atoms with Crippen LogP contribution in [0.4, 0.5) is 11.5 Å². The standard InChI is InChI=1S/C16H20N4/c1-2-3-15-9-16(19-11-18-15)20-7-6-12-4-5-14(17)8-13(12)10-20/h4-5,8-9,11H,2-3,6-7,10,17H2,1H3. The maximum Gasteiger partial charge on any atom is 0.132 e. The summed E-state index contributed by atoms with van der Waals surface area (Å²) in [6, 6.07) is 8.32. The number of hydrogen-bond acceptors (Lipinski definition) is 4. The number of nitrogen functional groups attached to an aromatic ring is 1. The fourth-order valence-electron chi connectivity index (χ4n) is 2.72. The summed E-state index contributed by atoms with van der Waals surface area (Å²) >= 11 is 0. The molecule has 0 unspecified atom stereocenters. The second-order valence-corrected chi connectivity index (χ2v) is 5.32. The van der Waals surface area contributed by atoms with Crippen LogP contribution in [0.2, 0.25) is 0 Å². The highest BCUT2D eigenvalue weighted by Gasteiger charge is 2.17. The Hall–Kier alpha value is -2.10. The maximum absolute atomic E-state index is 5.89. The predicted molar refractivity (Wildman–Crippen MR) is 81.6 cm³/mol. The van der Waals surface area contributed by atoms with Crippen molar-refractivity contribution in [3.63, 3.8) is 0 Å². The van der Waals surface area contributed by atoms with E-state index in [9.17, 15) is 0 Å². The first kappa shape index (κ1) is 12.9. The zero-order chi connectivity index (χ0) is 13.9. The van der Waals surface area contributed by atoms with Crippen molar-refractivity contribution in [3.8, 4) is 0 Å². The quantitative estimate of drug-likeness (QED) is 0.869. The van der Waals surface area contributed by atoms with E-state index in [1.807, 2.05) is 6.07 Å². The average Bonchev–Trinajstić information content (AvgIpc) is 2.47. The zero-order valence-electron chi connectivity index (χ0n) is 11.8. The van der Waals surface area contributed by atoms with Gasteiger partial charge in [0.25, 0.3) is 0 Å². The average molecular weight is 268 g/mol. The first-order valence-electron chi connectivity index (χ1n) is 7.19. The molecule has 0 spiro atoms. The van der Waals surface area contributed by atoms with Gasteiger partial charge in [0, 0.05) is 30.5 Å². The van der Waals surface area contributed by atoms with Crippen molar-refractivity contribution < 1.29 is 0 Å². The summed E-state index contributed by atoms with van der Waals surface area (Å²) < 4.78 is 0. The van der Waals surface area contributed by atoms with Gasteiger partial charge in [-0.3, -0.25) is 0 Å². The monoisotopic (exact) mass is 268 g/mol. The minimum atomic E-state index is 0.833. The molecular weight excluding hydrogens is 248 g/mol. The minimum absolute atomic E-state index is 0.833. The summed E-state index contributed by atoms with van der Waals surface area (Å²) in [6.07, 6.45) is 4.83. The van der Waals surface area contributed by atoms with Gasteiger partial charge in [-0.25, -0.2) is 9.97 Å². The van der Waals surface area contributed by atoms with Crippen molar-refractivity contribution in [1.29, 1.82) is 0 Å². The fourth-order valence-corrected chi connectivity index (χ4v) is 2.72. The Morgan fingerprint density at radius 1 is 1.20 bits per heavy atom. The fraction of sp³-hybridized carbons (Fsp3) is 0.375. The maximum atomic E-state index is 5.89. The van der Waals surface area contributed by atoms with Crippen LogP contribution in [-0.2, 0) is 19.4 Å². The lowest BCUT2D eigenvalue weighted by Crippen LogP contribution is -2.31. The molecule has 20 heavy (non-hydrogen) atoms. The highest BCUT2D eigenvalue weighted by Crippen LogP contribution is 2.24. The molecule has 1 aliphatic rings. The third-order valence-corrected chi connectivity index (χ3v) is 3.78. The lowest BCUT2D eigenvalue weighted by Gasteiger charge is -2.30. The third-order valence-electron chi connectivity index (χ3n) is 3.78. The molecule has 3 rings (SSSR count). The van der Waals surface area contributed by atoms with Gasteiger partial charge in [-0.15, -0.1) is 0 Å². The number of nitrogens with two attached hydrogens (primary N) is 1. The van der Waals surface area contributed by atoms with E-state index in [0.29, 0.717) is 0 Å². The summed E-state index contributed by atoms with van der Waals surface area (Å²) in [5.41, 5.74) is 10.6. The Bertz CT molecular complexity index is 609. The van der Waals surface area contributed by atoms with Gasteiger partial charge in [0.1, 0.15) is 12.1 Å². The van der Waals surface area contributed by atoms with Crippen molar-refractivity contribution in [2.75, 3.05) is 17.2 Å². The van der Waals surface area contributed by atoms with E-state index in [-0.39, 0.29) is 0 Å². The van der Waals surface area contributed by atoms with Crippen molar-refractivity contribution in [1.82, 2.24) is 9.97 Å². The molecule has 0 amide bonds. The van der Waals surface area contributed by atoms with Crippen LogP contribution in [0.15, 0.2) is 30.6 Å². The highest BCUT2D eigenvalue weighted by atomic mass is 15.2. The number of rotatable bonds is 3. The highest BCUT2D eigenvalue weighted by molar-refractivity contribution is 5.50. The van der Waals surface area contributed by atoms with Crippen LogP contribution in [0, 0.1) is 0 Å². The number of anilines is 2. The molecule has 0 atom stereocenters. The van der Waals surface area contributed by atoms with Crippen LogP contribution in [0.25, 0.3) is 0 Å².